The molecule has 295 valence electrons. The first-order chi connectivity index (χ1) is 27.2. The average molecular weight is 880 g/mol. The van der Waals surface area contributed by atoms with Gasteiger partial charge in [0, 0.05) is 0 Å². The second-order valence-electron chi connectivity index (χ2n) is 18.6. The van der Waals surface area contributed by atoms with Crippen molar-refractivity contribution in [3.63, 3.8) is 0 Å². The summed E-state index contributed by atoms with van der Waals surface area (Å²) in [6, 6.07) is 33.1. The summed E-state index contributed by atoms with van der Waals surface area (Å²) >= 11 is -4.97. The zero-order chi connectivity index (χ0) is 38.9. The summed E-state index contributed by atoms with van der Waals surface area (Å²) in [5, 5.41) is 0. The Morgan fingerprint density at radius 2 is 0.929 bits per heavy atom. The number of benzene rings is 4. The van der Waals surface area contributed by atoms with Crippen molar-refractivity contribution in [2.45, 2.75) is 137 Å². The number of hydrogen-bond acceptors (Lipinski definition) is 0. The predicted molar refractivity (Wildman–Crippen MR) is 246 cm³/mol. The van der Waals surface area contributed by atoms with Crippen LogP contribution in [0.2, 0.25) is 13.1 Å². The standard InChI is InChI=1S/2C25H29.C2H7Si.2ClH.Zr/c2*1-2-7-19-12-14-22(15-13-19)24-11-6-10-23-17-21(18-25(23)24)16-20-8-4-3-5-9-20;1-3-2;;;/h2*6,10-15,17-18,20H,2-5,7-9,16H2,1H3;3H,1-2H3;2*1H;/q;;;;;+2/p-2. The van der Waals surface area contributed by atoms with Crippen LogP contribution in [0.1, 0.15) is 144 Å². The summed E-state index contributed by atoms with van der Waals surface area (Å²) in [5.74, 6) is -0.234. The Labute approximate surface area is 348 Å². The fraction of sp³-hybridized carbons (Fsp3) is 0.462. The molecule has 0 heterocycles. The third-order valence-corrected chi connectivity index (χ3v) is 66.5. The van der Waals surface area contributed by atoms with Crippen molar-refractivity contribution < 1.29 is 15.6 Å². The van der Waals surface area contributed by atoms with Gasteiger partial charge in [0.15, 0.2) is 0 Å². The van der Waals surface area contributed by atoms with Gasteiger partial charge in [-0.2, -0.15) is 0 Å². The number of rotatable bonds is 13. The SMILES string of the molecule is CCCc1ccc(-c2cccc3c2C=C(CC2CCCCC2)[CH]3[Zr]([Cl])([Cl])([CH]2C(CC3CCCCC3)=Cc3c(-c4ccc(CCC)cc4)cccc32)[SiH](C)C)cc1. The number of hydrogen-bond donors (Lipinski definition) is 0. The molecule has 4 aromatic carbocycles. The Hall–Kier alpha value is -1.96. The molecule has 2 fully saturated rings. The maximum atomic E-state index is 9.09. The molecule has 2 saturated carbocycles. The summed E-state index contributed by atoms with van der Waals surface area (Å²) < 4.78 is 0.288. The number of halogens is 2. The predicted octanol–water partition coefficient (Wildman–Crippen LogP) is 16.4. The van der Waals surface area contributed by atoms with Crippen LogP contribution < -0.4 is 0 Å². The van der Waals surface area contributed by atoms with Gasteiger partial charge in [0.2, 0.25) is 0 Å². The Kier molecular flexibility index (Phi) is 12.6. The van der Waals surface area contributed by atoms with Gasteiger partial charge in [-0.3, -0.25) is 0 Å². The molecule has 8 rings (SSSR count). The van der Waals surface area contributed by atoms with E-state index in [1.807, 2.05) is 0 Å². The molecule has 0 aliphatic heterocycles. The van der Waals surface area contributed by atoms with E-state index >= 15 is 0 Å². The molecular formula is C52H65Cl2SiZr. The van der Waals surface area contributed by atoms with Crippen LogP contribution in [0.15, 0.2) is 96.1 Å². The van der Waals surface area contributed by atoms with Crippen molar-refractivity contribution in [3.05, 3.63) is 129 Å². The zero-order valence-corrected chi connectivity index (χ0v) is 39.8. The molecule has 4 aliphatic carbocycles. The van der Waals surface area contributed by atoms with Gasteiger partial charge < -0.3 is 0 Å². The summed E-state index contributed by atoms with van der Waals surface area (Å²) in [6.07, 6.45) is 25.7. The van der Waals surface area contributed by atoms with Gasteiger partial charge >= 0.3 is 351 Å². The molecular weight excluding hydrogens is 815 g/mol. The molecule has 0 amide bonds. The van der Waals surface area contributed by atoms with Crippen molar-refractivity contribution in [1.29, 1.82) is 0 Å². The van der Waals surface area contributed by atoms with Crippen molar-refractivity contribution in [1.82, 2.24) is 0 Å². The van der Waals surface area contributed by atoms with Crippen LogP contribution in [0.3, 0.4) is 0 Å². The third kappa shape index (κ3) is 7.78. The van der Waals surface area contributed by atoms with E-state index in [2.05, 4.69) is 124 Å². The fourth-order valence-corrected chi connectivity index (χ4v) is 43.0. The van der Waals surface area contributed by atoms with Crippen LogP contribution in [-0.2, 0) is 28.4 Å². The molecule has 0 N–H and O–H groups in total. The first kappa shape index (κ1) is 40.8. The zero-order valence-electron chi connectivity index (χ0n) is 34.7. The summed E-state index contributed by atoms with van der Waals surface area (Å²) in [4.78, 5) is 0. The van der Waals surface area contributed by atoms with Crippen LogP contribution in [0, 0.1) is 11.8 Å². The minimum atomic E-state index is -4.97. The minimum absolute atomic E-state index is 0.144. The molecule has 0 bridgehead atoms. The van der Waals surface area contributed by atoms with E-state index in [0.717, 1.165) is 37.5 Å². The van der Waals surface area contributed by atoms with Crippen LogP contribution in [0.4, 0.5) is 0 Å². The average Bonchev–Trinajstić information content (AvgIpc) is 3.79. The van der Waals surface area contributed by atoms with E-state index in [0.29, 0.717) is 0 Å². The van der Waals surface area contributed by atoms with E-state index in [9.17, 15) is 0 Å². The molecule has 56 heavy (non-hydrogen) atoms. The van der Waals surface area contributed by atoms with Gasteiger partial charge in [0.1, 0.15) is 0 Å². The Morgan fingerprint density at radius 1 is 0.536 bits per heavy atom. The van der Waals surface area contributed by atoms with Gasteiger partial charge in [-0.05, 0) is 0 Å². The Morgan fingerprint density at radius 3 is 1.29 bits per heavy atom. The quantitative estimate of drug-likeness (QED) is 0.117. The molecule has 4 heteroatoms. The summed E-state index contributed by atoms with van der Waals surface area (Å²) in [6.45, 7) is 9.63. The molecule has 0 spiro atoms. The second-order valence-corrected chi connectivity index (χ2v) is 61.1. The summed E-state index contributed by atoms with van der Waals surface area (Å²) in [5.41, 5.74) is 17.0. The normalized spacial score (nSPS) is 21.0. The summed E-state index contributed by atoms with van der Waals surface area (Å²) in [7, 11) is 18.2. The van der Waals surface area contributed by atoms with E-state index in [-0.39, 0.29) is 7.25 Å². The van der Waals surface area contributed by atoms with Crippen LogP contribution in [-0.4, -0.2) is 5.92 Å². The maximum absolute atomic E-state index is 9.09. The van der Waals surface area contributed by atoms with Gasteiger partial charge in [0.25, 0.3) is 0 Å². The Bertz CT molecular complexity index is 1920. The van der Waals surface area contributed by atoms with Crippen LogP contribution in [0.5, 0.6) is 0 Å². The first-order valence-electron chi connectivity index (χ1n) is 22.6. The van der Waals surface area contributed by atoms with Crippen molar-refractivity contribution in [3.8, 4) is 22.3 Å². The number of aryl methyl sites for hydroxylation is 2. The molecule has 4 aromatic rings. The van der Waals surface area contributed by atoms with Crippen LogP contribution in [0.25, 0.3) is 34.4 Å². The van der Waals surface area contributed by atoms with Gasteiger partial charge in [-0.1, -0.05) is 0 Å². The topological polar surface area (TPSA) is 0 Å². The molecule has 0 aromatic heterocycles. The molecule has 2 atom stereocenters. The molecule has 0 nitrogen and oxygen atoms in total. The van der Waals surface area contributed by atoms with Gasteiger partial charge in [0.05, 0.1) is 0 Å². The van der Waals surface area contributed by atoms with E-state index in [1.54, 1.807) is 11.1 Å². The molecule has 4 aliphatic rings. The Balaban J connectivity index is 1.30. The van der Waals surface area contributed by atoms with Crippen LogP contribution >= 0.6 is 17.0 Å². The molecule has 2 unspecified atom stereocenters. The first-order valence-corrected chi connectivity index (χ1v) is 38.9. The van der Waals surface area contributed by atoms with Crippen molar-refractivity contribution >= 4 is 35.1 Å². The van der Waals surface area contributed by atoms with Crippen molar-refractivity contribution in [2.24, 2.45) is 11.8 Å². The monoisotopic (exact) mass is 877 g/mol. The second kappa shape index (κ2) is 17.3. The van der Waals surface area contributed by atoms with Gasteiger partial charge in [-0.15, -0.1) is 0 Å². The fourth-order valence-electron chi connectivity index (χ4n) is 11.7. The van der Waals surface area contributed by atoms with Gasteiger partial charge in [-0.25, -0.2) is 0 Å². The molecule has 0 radical (unpaired) electrons. The number of fused-ring (bicyclic) bond motifs is 2. The third-order valence-electron chi connectivity index (χ3n) is 14.6. The molecule has 0 saturated heterocycles. The van der Waals surface area contributed by atoms with E-state index < -0.39 is 21.5 Å². The van der Waals surface area contributed by atoms with Crippen molar-refractivity contribution in [2.75, 3.05) is 0 Å². The van der Waals surface area contributed by atoms with E-state index in [4.69, 9.17) is 17.0 Å². The number of allylic oxidation sites excluding steroid dienone is 2. The van der Waals surface area contributed by atoms with E-state index in [1.165, 1.54) is 133 Å².